The molecule has 4 aromatic rings. The molecule has 0 aliphatic rings. The quantitative estimate of drug-likeness (QED) is 0.270. The maximum Gasteiger partial charge on any atom is 0.248 e. The van der Waals surface area contributed by atoms with Gasteiger partial charge in [-0.3, -0.25) is 14.5 Å². The Labute approximate surface area is 239 Å². The van der Waals surface area contributed by atoms with Crippen LogP contribution in [0.25, 0.3) is 11.4 Å². The third-order valence-corrected chi connectivity index (χ3v) is 7.21. The predicted octanol–water partition coefficient (Wildman–Crippen LogP) is 5.58. The molecule has 1 aromatic heterocycles. The fraction of sp³-hybridized carbons (Fsp3) is 0.290. The smallest absolute Gasteiger partial charge is 0.248 e. The van der Waals surface area contributed by atoms with E-state index in [1.54, 1.807) is 36.3 Å². The lowest BCUT2D eigenvalue weighted by Crippen LogP contribution is -2.50. The molecule has 208 valence electrons. The largest absolute Gasteiger partial charge is 0.497 e. The van der Waals surface area contributed by atoms with E-state index in [0.29, 0.717) is 28.0 Å². The molecule has 0 aliphatic heterocycles. The van der Waals surface area contributed by atoms with Crippen molar-refractivity contribution in [3.63, 3.8) is 0 Å². The second kappa shape index (κ2) is 12.4. The van der Waals surface area contributed by atoms with Crippen molar-refractivity contribution in [3.05, 3.63) is 90.0 Å². The summed E-state index contributed by atoms with van der Waals surface area (Å²) in [7, 11) is 3.47. The van der Waals surface area contributed by atoms with Crippen LogP contribution in [0, 0.1) is 6.92 Å². The molecule has 0 saturated heterocycles. The number of carbonyl (C=O) groups is 2. The van der Waals surface area contributed by atoms with E-state index in [9.17, 15) is 9.59 Å². The average molecular weight is 558 g/mol. The Kier molecular flexibility index (Phi) is 8.94. The lowest BCUT2D eigenvalue weighted by atomic mass is 10.00. The molecule has 0 aliphatic carbocycles. The van der Waals surface area contributed by atoms with Gasteiger partial charge in [-0.25, -0.2) is 0 Å². The molecular formula is C31H35N5O3S. The van der Waals surface area contributed by atoms with Gasteiger partial charge in [-0.05, 0) is 57.5 Å². The van der Waals surface area contributed by atoms with Crippen LogP contribution in [0.5, 0.6) is 5.75 Å². The second-order valence-electron chi connectivity index (χ2n) is 10.5. The third kappa shape index (κ3) is 6.90. The first-order valence-electron chi connectivity index (χ1n) is 13.0. The Bertz CT molecular complexity index is 1450. The highest BCUT2D eigenvalue weighted by atomic mass is 32.2. The number of nitrogens with one attached hydrogen (secondary N) is 1. The summed E-state index contributed by atoms with van der Waals surface area (Å²) in [5.41, 5.74) is 2.81. The molecule has 0 saturated carbocycles. The van der Waals surface area contributed by atoms with E-state index in [1.165, 1.54) is 11.8 Å². The maximum absolute atomic E-state index is 14.0. The molecule has 0 spiro atoms. The number of hydrogen-bond donors (Lipinski definition) is 1. The van der Waals surface area contributed by atoms with Gasteiger partial charge in [0.15, 0.2) is 11.0 Å². The molecular weight excluding hydrogens is 522 g/mol. The number of thioether (sulfide) groups is 1. The van der Waals surface area contributed by atoms with Gasteiger partial charge in [-0.2, -0.15) is 0 Å². The number of anilines is 1. The minimum Gasteiger partial charge on any atom is -0.497 e. The van der Waals surface area contributed by atoms with Gasteiger partial charge in [-0.15, -0.1) is 10.2 Å². The van der Waals surface area contributed by atoms with Crippen LogP contribution in [-0.4, -0.2) is 45.0 Å². The van der Waals surface area contributed by atoms with E-state index in [2.05, 4.69) is 15.5 Å². The standard InChI is InChI=1S/C31H35N5O3S/c1-21-12-14-22(15-13-21)27(29(38)32-31(2,3)4)36(24-16-18-25(39-6)19-17-24)26(37)20-40-30-34-33-28(35(30)5)23-10-8-7-9-11-23/h7-19,27H,20H2,1-6H3,(H,32,38)/t27-/m1/s1. The first-order valence-corrected chi connectivity index (χ1v) is 14.0. The number of amides is 2. The number of carbonyl (C=O) groups excluding carboxylic acids is 2. The van der Waals surface area contributed by atoms with Crippen molar-refractivity contribution >= 4 is 29.3 Å². The molecule has 0 fully saturated rings. The van der Waals surface area contributed by atoms with Crippen molar-refractivity contribution in [1.82, 2.24) is 20.1 Å². The summed E-state index contributed by atoms with van der Waals surface area (Å²) in [5.74, 6) is 0.913. The molecule has 0 radical (unpaired) electrons. The van der Waals surface area contributed by atoms with Crippen molar-refractivity contribution in [2.45, 2.75) is 44.4 Å². The zero-order chi connectivity index (χ0) is 28.9. The molecule has 2 amide bonds. The summed E-state index contributed by atoms with van der Waals surface area (Å²) < 4.78 is 7.20. The molecule has 1 N–H and O–H groups in total. The number of rotatable bonds is 9. The Morgan fingerprint density at radius 1 is 0.975 bits per heavy atom. The van der Waals surface area contributed by atoms with Crippen molar-refractivity contribution < 1.29 is 14.3 Å². The highest BCUT2D eigenvalue weighted by molar-refractivity contribution is 7.99. The lowest BCUT2D eigenvalue weighted by molar-refractivity contribution is -0.127. The van der Waals surface area contributed by atoms with Gasteiger partial charge in [0.1, 0.15) is 11.8 Å². The Morgan fingerprint density at radius 3 is 2.23 bits per heavy atom. The summed E-state index contributed by atoms with van der Waals surface area (Å²) in [5, 5.41) is 12.3. The van der Waals surface area contributed by atoms with Crippen LogP contribution in [0.3, 0.4) is 0 Å². The highest BCUT2D eigenvalue weighted by Crippen LogP contribution is 2.32. The van der Waals surface area contributed by atoms with Crippen LogP contribution < -0.4 is 15.0 Å². The van der Waals surface area contributed by atoms with Crippen LogP contribution >= 0.6 is 11.8 Å². The molecule has 4 rings (SSSR count). The summed E-state index contributed by atoms with van der Waals surface area (Å²) in [4.78, 5) is 29.4. The number of aryl methyl sites for hydroxylation is 1. The number of benzene rings is 3. The fourth-order valence-electron chi connectivity index (χ4n) is 4.26. The van der Waals surface area contributed by atoms with Crippen LogP contribution in [0.1, 0.15) is 37.9 Å². The number of methoxy groups -OCH3 is 1. The maximum atomic E-state index is 14.0. The lowest BCUT2D eigenvalue weighted by Gasteiger charge is -2.34. The van der Waals surface area contributed by atoms with Crippen LogP contribution in [0.15, 0.2) is 84.0 Å². The molecule has 0 unspecified atom stereocenters. The van der Waals surface area contributed by atoms with Crippen molar-refractivity contribution in [2.75, 3.05) is 17.8 Å². The van der Waals surface area contributed by atoms with Crippen molar-refractivity contribution in [3.8, 4) is 17.1 Å². The molecule has 3 aromatic carbocycles. The van der Waals surface area contributed by atoms with Crippen LogP contribution in [0.4, 0.5) is 5.69 Å². The number of ether oxygens (including phenoxy) is 1. The van der Waals surface area contributed by atoms with Gasteiger partial charge < -0.3 is 14.6 Å². The highest BCUT2D eigenvalue weighted by Gasteiger charge is 2.34. The molecule has 8 nitrogen and oxygen atoms in total. The molecule has 40 heavy (non-hydrogen) atoms. The summed E-state index contributed by atoms with van der Waals surface area (Å²) in [6, 6.07) is 23.7. The second-order valence-corrected chi connectivity index (χ2v) is 11.5. The predicted molar refractivity (Wildman–Crippen MR) is 159 cm³/mol. The average Bonchev–Trinajstić information content (AvgIpc) is 3.30. The normalized spacial score (nSPS) is 12.1. The first-order chi connectivity index (χ1) is 19.1. The SMILES string of the molecule is COc1ccc(N(C(=O)CSc2nnc(-c3ccccc3)n2C)[C@@H](C(=O)NC(C)(C)C)c2ccc(C)cc2)cc1. The molecule has 1 heterocycles. The Balaban J connectivity index is 1.70. The number of aromatic nitrogens is 3. The zero-order valence-corrected chi connectivity index (χ0v) is 24.5. The molecule has 9 heteroatoms. The first kappa shape index (κ1) is 28.9. The van der Waals surface area contributed by atoms with Gasteiger partial charge in [0, 0.05) is 23.8 Å². The summed E-state index contributed by atoms with van der Waals surface area (Å²) in [6.07, 6.45) is 0. The third-order valence-electron chi connectivity index (χ3n) is 6.21. The van der Waals surface area contributed by atoms with Crippen molar-refractivity contribution in [1.29, 1.82) is 0 Å². The van der Waals surface area contributed by atoms with Crippen LogP contribution in [0.2, 0.25) is 0 Å². The van der Waals surface area contributed by atoms with Gasteiger partial charge in [0.2, 0.25) is 11.8 Å². The topological polar surface area (TPSA) is 89.3 Å². The van der Waals surface area contributed by atoms with Gasteiger partial charge >= 0.3 is 0 Å². The van der Waals surface area contributed by atoms with Gasteiger partial charge in [-0.1, -0.05) is 71.9 Å². The van der Waals surface area contributed by atoms with Gasteiger partial charge in [0.25, 0.3) is 0 Å². The fourth-order valence-corrected chi connectivity index (χ4v) is 5.03. The number of nitrogens with zero attached hydrogens (tertiary/aromatic N) is 4. The van der Waals surface area contributed by atoms with Crippen molar-refractivity contribution in [2.24, 2.45) is 7.05 Å². The monoisotopic (exact) mass is 557 g/mol. The summed E-state index contributed by atoms with van der Waals surface area (Å²) in [6.45, 7) is 7.75. The van der Waals surface area contributed by atoms with E-state index < -0.39 is 11.6 Å². The van der Waals surface area contributed by atoms with E-state index in [-0.39, 0.29) is 17.6 Å². The minimum absolute atomic E-state index is 0.0535. The summed E-state index contributed by atoms with van der Waals surface area (Å²) >= 11 is 1.28. The Hall–Kier alpha value is -4.11. The minimum atomic E-state index is -0.888. The Morgan fingerprint density at radius 2 is 1.62 bits per heavy atom. The van der Waals surface area contributed by atoms with E-state index in [4.69, 9.17) is 4.74 Å². The van der Waals surface area contributed by atoms with E-state index >= 15 is 0 Å². The molecule has 1 atom stereocenters. The van der Waals surface area contributed by atoms with E-state index in [0.717, 1.165) is 11.1 Å². The van der Waals surface area contributed by atoms with Gasteiger partial charge in [0.05, 0.1) is 12.9 Å². The molecule has 0 bridgehead atoms. The zero-order valence-electron chi connectivity index (χ0n) is 23.7. The van der Waals surface area contributed by atoms with Crippen LogP contribution in [-0.2, 0) is 16.6 Å². The number of hydrogen-bond acceptors (Lipinski definition) is 6. The van der Waals surface area contributed by atoms with E-state index in [1.807, 2.05) is 93.9 Å².